The van der Waals surface area contributed by atoms with Gasteiger partial charge in [0.05, 0.1) is 6.61 Å². The van der Waals surface area contributed by atoms with Crippen molar-refractivity contribution < 1.29 is 69.9 Å². The summed E-state index contributed by atoms with van der Waals surface area (Å²) in [5, 5.41) is 26.0. The number of rotatable bonds is 8. The van der Waals surface area contributed by atoms with Crippen LogP contribution in [0.4, 0.5) is 0 Å². The maximum Gasteiger partial charge on any atom is 0.332 e. The molecule has 0 amide bonds. The third-order valence-corrected chi connectivity index (χ3v) is 2.47. The SMILES string of the molecule is O=C(O)C(CCCO[PH](=O)O)(C(=O)O)C(=O)O.[Zr]. The van der Waals surface area contributed by atoms with Crippen LogP contribution in [0.1, 0.15) is 12.8 Å². The van der Waals surface area contributed by atoms with Gasteiger partial charge in [-0.25, -0.2) is 0 Å². The molecule has 4 N–H and O–H groups in total. The first-order valence-corrected chi connectivity index (χ1v) is 5.57. The first-order valence-electron chi connectivity index (χ1n) is 4.31. The van der Waals surface area contributed by atoms with Crippen LogP contribution in [-0.4, -0.2) is 44.7 Å². The molecule has 1 unspecified atom stereocenters. The molecule has 0 aromatic heterocycles. The van der Waals surface area contributed by atoms with Gasteiger partial charge in [-0.3, -0.25) is 18.9 Å². The zero-order chi connectivity index (χ0) is 13.6. The van der Waals surface area contributed by atoms with E-state index in [1.807, 2.05) is 0 Å². The van der Waals surface area contributed by atoms with Crippen molar-refractivity contribution in [2.75, 3.05) is 6.61 Å². The predicted octanol–water partition coefficient (Wildman–Crippen LogP) is -0.597. The zero-order valence-corrected chi connectivity index (χ0v) is 12.4. The minimum absolute atomic E-state index is 0. The van der Waals surface area contributed by atoms with Crippen LogP contribution >= 0.6 is 8.25 Å². The van der Waals surface area contributed by atoms with Gasteiger partial charge in [0.25, 0.3) is 5.41 Å². The monoisotopic (exact) mass is 360 g/mol. The van der Waals surface area contributed by atoms with Crippen LogP contribution in [0, 0.1) is 5.41 Å². The molecule has 0 aliphatic heterocycles. The average Bonchev–Trinajstić information content (AvgIpc) is 2.15. The summed E-state index contributed by atoms with van der Waals surface area (Å²) >= 11 is 0. The molecule has 0 rings (SSSR count). The number of carboxylic acids is 3. The van der Waals surface area contributed by atoms with Gasteiger partial charge in [-0.1, -0.05) is 0 Å². The van der Waals surface area contributed by atoms with Gasteiger partial charge < -0.3 is 24.7 Å². The van der Waals surface area contributed by atoms with Gasteiger partial charge in [0.2, 0.25) is 0 Å². The molecule has 0 saturated carbocycles. The van der Waals surface area contributed by atoms with Crippen LogP contribution in [0.15, 0.2) is 0 Å². The molecule has 0 aliphatic carbocycles. The Morgan fingerprint density at radius 2 is 1.44 bits per heavy atom. The normalized spacial score (nSPS) is 12.3. The van der Waals surface area contributed by atoms with Crippen molar-refractivity contribution in [2.45, 2.75) is 12.8 Å². The number of carbonyl (C=O) groups is 3. The molecule has 0 aliphatic rings. The standard InChI is InChI=1S/C7H11O9P.Zr/c8-4(9)7(5(10)11,6(12)13)2-1-3-16-17(14)15;/h17H,1-3H2,(H,8,9)(H,10,11)(H,12,13)(H,14,15);. The molecule has 0 radical (unpaired) electrons. The predicted molar refractivity (Wildman–Crippen MR) is 51.7 cm³/mol. The van der Waals surface area contributed by atoms with Crippen molar-refractivity contribution >= 4 is 26.2 Å². The summed E-state index contributed by atoms with van der Waals surface area (Å²) in [5.41, 5.74) is -2.96. The first kappa shape index (κ1) is 19.8. The maximum absolute atomic E-state index is 10.7. The van der Waals surface area contributed by atoms with Crippen LogP contribution in [0.25, 0.3) is 0 Å². The second-order valence-corrected chi connectivity index (χ2v) is 3.86. The van der Waals surface area contributed by atoms with Crippen molar-refractivity contribution in [1.82, 2.24) is 0 Å². The van der Waals surface area contributed by atoms with Gasteiger partial charge in [0.15, 0.2) is 0 Å². The van der Waals surface area contributed by atoms with E-state index in [9.17, 15) is 18.9 Å². The Labute approximate surface area is 121 Å². The average molecular weight is 361 g/mol. The molecular weight excluding hydrogens is 350 g/mol. The number of aliphatic carboxylic acids is 3. The topological polar surface area (TPSA) is 158 Å². The van der Waals surface area contributed by atoms with E-state index in [1.54, 1.807) is 0 Å². The molecule has 0 spiro atoms. The Morgan fingerprint density at radius 3 is 1.72 bits per heavy atom. The Hall–Kier alpha value is -0.557. The van der Waals surface area contributed by atoms with E-state index in [0.717, 1.165) is 0 Å². The second kappa shape index (κ2) is 8.53. The van der Waals surface area contributed by atoms with E-state index in [0.29, 0.717) is 0 Å². The van der Waals surface area contributed by atoms with E-state index < -0.39 is 44.6 Å². The summed E-state index contributed by atoms with van der Waals surface area (Å²) in [6, 6.07) is 0. The van der Waals surface area contributed by atoms with Gasteiger partial charge in [-0.05, 0) is 12.8 Å². The third kappa shape index (κ3) is 4.98. The van der Waals surface area contributed by atoms with Gasteiger partial charge >= 0.3 is 26.2 Å². The fourth-order valence-corrected chi connectivity index (χ4v) is 1.41. The molecule has 0 bridgehead atoms. The van der Waals surface area contributed by atoms with E-state index >= 15 is 0 Å². The van der Waals surface area contributed by atoms with Crippen molar-refractivity contribution in [3.05, 3.63) is 0 Å². The minimum atomic E-state index is -3.20. The molecule has 0 aromatic carbocycles. The van der Waals surface area contributed by atoms with E-state index in [1.165, 1.54) is 0 Å². The second-order valence-electron chi connectivity index (χ2n) is 3.04. The smallest absolute Gasteiger partial charge is 0.332 e. The molecule has 0 heterocycles. The van der Waals surface area contributed by atoms with Crippen LogP contribution < -0.4 is 0 Å². The summed E-state index contributed by atoms with van der Waals surface area (Å²) in [6.07, 6.45) is -1.04. The quantitative estimate of drug-likeness (QED) is 0.252. The largest absolute Gasteiger partial charge is 0.480 e. The molecular formula is C7H11O9PZr. The van der Waals surface area contributed by atoms with E-state index in [4.69, 9.17) is 20.2 Å². The number of hydrogen-bond donors (Lipinski definition) is 4. The third-order valence-electron chi connectivity index (χ3n) is 2.02. The Bertz CT molecular complexity index is 319. The summed E-state index contributed by atoms with van der Waals surface area (Å²) in [4.78, 5) is 40.5. The Kier molecular flexibility index (Phi) is 9.37. The first-order chi connectivity index (χ1) is 7.75. The Morgan fingerprint density at radius 1 is 1.06 bits per heavy atom. The fourth-order valence-electron chi connectivity index (χ4n) is 1.09. The maximum atomic E-state index is 10.7. The van der Waals surface area contributed by atoms with Gasteiger partial charge in [-0.2, -0.15) is 0 Å². The van der Waals surface area contributed by atoms with Crippen LogP contribution in [0.3, 0.4) is 0 Å². The molecule has 0 saturated heterocycles. The molecule has 1 atom stereocenters. The summed E-state index contributed by atoms with van der Waals surface area (Å²) in [6.45, 7) is -0.399. The number of carboxylic acid groups (broad SMARTS) is 3. The molecule has 0 fully saturated rings. The van der Waals surface area contributed by atoms with Gasteiger partial charge in [0, 0.05) is 26.2 Å². The van der Waals surface area contributed by atoms with Gasteiger partial charge in [0.1, 0.15) is 0 Å². The fraction of sp³-hybridized carbons (Fsp3) is 0.571. The molecule has 18 heavy (non-hydrogen) atoms. The summed E-state index contributed by atoms with van der Waals surface area (Å²) in [5.74, 6) is -6.02. The van der Waals surface area contributed by atoms with E-state index in [-0.39, 0.29) is 32.6 Å². The zero-order valence-electron chi connectivity index (χ0n) is 8.95. The van der Waals surface area contributed by atoms with Crippen LogP contribution in [0.2, 0.25) is 0 Å². The molecule has 11 heteroatoms. The van der Waals surface area contributed by atoms with Crippen molar-refractivity contribution in [3.63, 3.8) is 0 Å². The van der Waals surface area contributed by atoms with Crippen molar-refractivity contribution in [3.8, 4) is 0 Å². The summed E-state index contributed by atoms with van der Waals surface area (Å²) in [7, 11) is -3.20. The molecule has 102 valence electrons. The van der Waals surface area contributed by atoms with Crippen LogP contribution in [-0.2, 0) is 49.7 Å². The van der Waals surface area contributed by atoms with Crippen molar-refractivity contribution in [1.29, 1.82) is 0 Å². The molecule has 0 aromatic rings. The minimum Gasteiger partial charge on any atom is -0.480 e. The summed E-state index contributed by atoms with van der Waals surface area (Å²) < 4.78 is 14.3. The molecule has 9 nitrogen and oxygen atoms in total. The van der Waals surface area contributed by atoms with Crippen LogP contribution in [0.5, 0.6) is 0 Å². The van der Waals surface area contributed by atoms with Crippen molar-refractivity contribution in [2.24, 2.45) is 5.41 Å². The van der Waals surface area contributed by atoms with E-state index in [2.05, 4.69) is 4.52 Å². The van der Waals surface area contributed by atoms with Gasteiger partial charge in [-0.15, -0.1) is 0 Å². The Balaban J connectivity index is 0. The number of hydrogen-bond acceptors (Lipinski definition) is 5.